The van der Waals surface area contributed by atoms with Gasteiger partial charge in [-0.1, -0.05) is 31.3 Å². The van der Waals surface area contributed by atoms with E-state index in [1.165, 1.54) is 12.7 Å². The molecule has 0 saturated heterocycles. The van der Waals surface area contributed by atoms with Crippen LogP contribution in [0.2, 0.25) is 0 Å². The molecule has 1 aromatic carbocycles. The van der Waals surface area contributed by atoms with E-state index in [1.54, 1.807) is 34.2 Å². The topological polar surface area (TPSA) is 63.5 Å². The van der Waals surface area contributed by atoms with Crippen LogP contribution in [-0.4, -0.2) is 58.9 Å². The summed E-state index contributed by atoms with van der Waals surface area (Å²) in [5.41, 5.74) is 3.72. The van der Waals surface area contributed by atoms with Crippen molar-refractivity contribution < 1.29 is 9.53 Å². The SMILES string of the molecule is CCN(CC)CCN(C(=O)c1cn(C)nc1OC)c1nc2c(C)cc(C)cc2s1. The molecule has 3 aromatic rings. The number of carbonyl (C=O) groups is 1. The molecule has 156 valence electrons. The van der Waals surface area contributed by atoms with E-state index in [1.807, 2.05) is 0 Å². The van der Waals surface area contributed by atoms with Crippen LogP contribution < -0.4 is 9.64 Å². The van der Waals surface area contributed by atoms with Crippen LogP contribution in [0, 0.1) is 13.8 Å². The lowest BCUT2D eigenvalue weighted by Crippen LogP contribution is -2.38. The Balaban J connectivity index is 2.03. The molecule has 3 rings (SSSR count). The third kappa shape index (κ3) is 4.43. The number of amides is 1. The Labute approximate surface area is 175 Å². The van der Waals surface area contributed by atoms with E-state index in [9.17, 15) is 4.79 Å². The molecule has 0 aliphatic rings. The van der Waals surface area contributed by atoms with E-state index in [-0.39, 0.29) is 5.91 Å². The number of methoxy groups -OCH3 is 1. The number of hydrogen-bond acceptors (Lipinski definition) is 6. The van der Waals surface area contributed by atoms with Crippen LogP contribution in [0.1, 0.15) is 35.3 Å². The molecule has 0 aliphatic heterocycles. The van der Waals surface area contributed by atoms with E-state index in [2.05, 4.69) is 49.8 Å². The van der Waals surface area contributed by atoms with E-state index < -0.39 is 0 Å². The summed E-state index contributed by atoms with van der Waals surface area (Å²) in [7, 11) is 3.31. The van der Waals surface area contributed by atoms with Gasteiger partial charge in [-0.15, -0.1) is 5.10 Å². The van der Waals surface area contributed by atoms with Crippen molar-refractivity contribution in [3.05, 3.63) is 35.0 Å². The number of nitrogens with zero attached hydrogens (tertiary/aromatic N) is 5. The van der Waals surface area contributed by atoms with Gasteiger partial charge in [0, 0.05) is 26.3 Å². The molecule has 29 heavy (non-hydrogen) atoms. The summed E-state index contributed by atoms with van der Waals surface area (Å²) in [6, 6.07) is 4.25. The third-order valence-corrected chi connectivity index (χ3v) is 6.07. The fraction of sp³-hybridized carbons (Fsp3) is 0.476. The fourth-order valence-corrected chi connectivity index (χ4v) is 4.62. The predicted octanol–water partition coefficient (Wildman–Crippen LogP) is 3.64. The third-order valence-electron chi connectivity index (χ3n) is 5.05. The molecule has 2 aromatic heterocycles. The fourth-order valence-electron chi connectivity index (χ4n) is 3.45. The Morgan fingerprint density at radius 2 is 1.93 bits per heavy atom. The number of aromatic nitrogens is 3. The van der Waals surface area contributed by atoms with Gasteiger partial charge in [0.05, 0.1) is 17.3 Å². The first-order valence-electron chi connectivity index (χ1n) is 9.87. The molecule has 0 atom stereocenters. The van der Waals surface area contributed by atoms with E-state index in [0.717, 1.165) is 35.4 Å². The van der Waals surface area contributed by atoms with E-state index in [0.29, 0.717) is 23.1 Å². The summed E-state index contributed by atoms with van der Waals surface area (Å²) in [6.07, 6.45) is 1.70. The zero-order valence-electron chi connectivity index (χ0n) is 18.0. The van der Waals surface area contributed by atoms with Crippen molar-refractivity contribution in [2.24, 2.45) is 7.05 Å². The number of likely N-dealkylation sites (N-methyl/N-ethyl adjacent to an activating group) is 1. The summed E-state index contributed by atoms with van der Waals surface area (Å²) in [5.74, 6) is 0.189. The van der Waals surface area contributed by atoms with Crippen molar-refractivity contribution in [1.29, 1.82) is 0 Å². The first kappa shape index (κ1) is 21.3. The van der Waals surface area contributed by atoms with Crippen LogP contribution in [-0.2, 0) is 7.05 Å². The van der Waals surface area contributed by atoms with Gasteiger partial charge in [-0.2, -0.15) is 0 Å². The lowest BCUT2D eigenvalue weighted by Gasteiger charge is -2.24. The Hall–Kier alpha value is -2.45. The standard InChI is InChI=1S/C21H29N5O2S/c1-7-25(8-2)9-10-26(20(27)16-13-24(5)23-19(16)28-6)21-22-18-15(4)11-14(3)12-17(18)29-21/h11-13H,7-10H2,1-6H3. The number of rotatable bonds is 8. The summed E-state index contributed by atoms with van der Waals surface area (Å²) in [5, 5.41) is 4.95. The quantitative estimate of drug-likeness (QED) is 0.562. The van der Waals surface area contributed by atoms with Gasteiger partial charge in [-0.25, -0.2) is 4.98 Å². The highest BCUT2D eigenvalue weighted by molar-refractivity contribution is 7.22. The Morgan fingerprint density at radius 1 is 1.21 bits per heavy atom. The monoisotopic (exact) mass is 415 g/mol. The van der Waals surface area contributed by atoms with Crippen LogP contribution in [0.4, 0.5) is 5.13 Å². The highest BCUT2D eigenvalue weighted by atomic mass is 32.1. The average molecular weight is 416 g/mol. The first-order valence-corrected chi connectivity index (χ1v) is 10.7. The molecule has 8 heteroatoms. The second-order valence-electron chi connectivity index (χ2n) is 7.13. The van der Waals surface area contributed by atoms with Crippen molar-refractivity contribution in [2.45, 2.75) is 27.7 Å². The van der Waals surface area contributed by atoms with Crippen LogP contribution in [0.3, 0.4) is 0 Å². The maximum absolute atomic E-state index is 13.5. The number of benzene rings is 1. The van der Waals surface area contributed by atoms with Gasteiger partial charge in [0.1, 0.15) is 5.56 Å². The van der Waals surface area contributed by atoms with Gasteiger partial charge in [0.15, 0.2) is 5.13 Å². The summed E-state index contributed by atoms with van der Waals surface area (Å²) < 4.78 is 8.02. The molecule has 0 unspecified atom stereocenters. The number of anilines is 1. The lowest BCUT2D eigenvalue weighted by molar-refractivity contribution is 0.0981. The molecular formula is C21H29N5O2S. The van der Waals surface area contributed by atoms with Crippen LogP contribution in [0.5, 0.6) is 5.88 Å². The molecule has 0 N–H and O–H groups in total. The molecule has 1 amide bonds. The van der Waals surface area contributed by atoms with Crippen molar-refractivity contribution >= 4 is 32.6 Å². The smallest absolute Gasteiger partial charge is 0.267 e. The first-order chi connectivity index (χ1) is 13.9. The van der Waals surface area contributed by atoms with Gasteiger partial charge in [-0.3, -0.25) is 14.4 Å². The molecular weight excluding hydrogens is 386 g/mol. The minimum Gasteiger partial charge on any atom is -0.479 e. The minimum atomic E-state index is -0.143. The largest absolute Gasteiger partial charge is 0.479 e. The average Bonchev–Trinajstić information content (AvgIpc) is 3.28. The molecule has 7 nitrogen and oxygen atoms in total. The van der Waals surface area contributed by atoms with Crippen molar-refractivity contribution in [2.75, 3.05) is 38.2 Å². The van der Waals surface area contributed by atoms with Gasteiger partial charge < -0.3 is 9.64 Å². The molecule has 0 bridgehead atoms. The summed E-state index contributed by atoms with van der Waals surface area (Å²) >= 11 is 1.55. The van der Waals surface area contributed by atoms with Crippen LogP contribution in [0.15, 0.2) is 18.3 Å². The Morgan fingerprint density at radius 3 is 2.59 bits per heavy atom. The van der Waals surface area contributed by atoms with Crippen LogP contribution >= 0.6 is 11.3 Å². The maximum atomic E-state index is 13.5. The van der Waals surface area contributed by atoms with Crippen molar-refractivity contribution in [3.63, 3.8) is 0 Å². The molecule has 2 heterocycles. The highest BCUT2D eigenvalue weighted by Crippen LogP contribution is 2.33. The summed E-state index contributed by atoms with van der Waals surface area (Å²) in [6.45, 7) is 11.6. The van der Waals surface area contributed by atoms with Crippen molar-refractivity contribution in [3.8, 4) is 5.88 Å². The number of ether oxygens (including phenoxy) is 1. The number of carbonyl (C=O) groups excluding carboxylic acids is 1. The second-order valence-corrected chi connectivity index (χ2v) is 8.14. The zero-order chi connectivity index (χ0) is 21.1. The van der Waals surface area contributed by atoms with Gasteiger partial charge in [-0.05, 0) is 44.1 Å². The summed E-state index contributed by atoms with van der Waals surface area (Å²) in [4.78, 5) is 22.4. The Kier molecular flexibility index (Phi) is 6.54. The molecule has 0 saturated carbocycles. The molecule has 0 fully saturated rings. The van der Waals surface area contributed by atoms with E-state index in [4.69, 9.17) is 9.72 Å². The van der Waals surface area contributed by atoms with Gasteiger partial charge in [0.25, 0.3) is 5.91 Å². The number of aryl methyl sites for hydroxylation is 3. The lowest BCUT2D eigenvalue weighted by atomic mass is 10.1. The maximum Gasteiger partial charge on any atom is 0.267 e. The number of fused-ring (bicyclic) bond motifs is 1. The number of thiazole rings is 1. The van der Waals surface area contributed by atoms with Gasteiger partial charge in [0.2, 0.25) is 5.88 Å². The second kappa shape index (κ2) is 8.92. The minimum absolute atomic E-state index is 0.143. The predicted molar refractivity (Wildman–Crippen MR) is 118 cm³/mol. The molecule has 0 spiro atoms. The normalized spacial score (nSPS) is 11.4. The molecule has 0 aliphatic carbocycles. The van der Waals surface area contributed by atoms with E-state index >= 15 is 0 Å². The zero-order valence-corrected chi connectivity index (χ0v) is 18.8. The highest BCUT2D eigenvalue weighted by Gasteiger charge is 2.26. The number of hydrogen-bond donors (Lipinski definition) is 0. The van der Waals surface area contributed by atoms with Crippen molar-refractivity contribution in [1.82, 2.24) is 19.7 Å². The van der Waals surface area contributed by atoms with Crippen LogP contribution in [0.25, 0.3) is 10.2 Å². The Bertz CT molecular complexity index is 1010. The molecule has 0 radical (unpaired) electrons. The van der Waals surface area contributed by atoms with Gasteiger partial charge >= 0.3 is 0 Å².